The maximum Gasteiger partial charge on any atom is 0.407 e. The predicted molar refractivity (Wildman–Crippen MR) is 88.3 cm³/mol. The first kappa shape index (κ1) is 18.2. The van der Waals surface area contributed by atoms with Gasteiger partial charge >= 0.3 is 6.09 Å². The zero-order valence-electron chi connectivity index (χ0n) is 14.4. The molecule has 0 bridgehead atoms. The van der Waals surface area contributed by atoms with E-state index < -0.39 is 11.7 Å². The van der Waals surface area contributed by atoms with Crippen LogP contribution in [-0.4, -0.2) is 23.5 Å². The van der Waals surface area contributed by atoms with Gasteiger partial charge in [-0.2, -0.15) is 0 Å². The van der Waals surface area contributed by atoms with Crippen LogP contribution in [0.3, 0.4) is 0 Å². The lowest BCUT2D eigenvalue weighted by Crippen LogP contribution is -2.38. The van der Waals surface area contributed by atoms with Gasteiger partial charge in [-0.15, -0.1) is 0 Å². The van der Waals surface area contributed by atoms with Crippen LogP contribution in [-0.2, 0) is 4.74 Å². The second-order valence-corrected chi connectivity index (χ2v) is 6.95. The Morgan fingerprint density at radius 1 is 1.09 bits per heavy atom. The van der Waals surface area contributed by atoms with Crippen molar-refractivity contribution < 1.29 is 14.3 Å². The summed E-state index contributed by atoms with van der Waals surface area (Å²) in [4.78, 5) is 23.9. The number of hydrogen-bond donors (Lipinski definition) is 1. The van der Waals surface area contributed by atoms with Gasteiger partial charge in [-0.1, -0.05) is 38.1 Å². The average Bonchev–Trinajstić information content (AvgIpc) is 2.35. The lowest BCUT2D eigenvalue weighted by molar-refractivity contribution is 0.0506. The maximum absolute atomic E-state index is 12.2. The molecule has 1 N–H and O–H groups in total. The summed E-state index contributed by atoms with van der Waals surface area (Å²) in [7, 11) is 0. The van der Waals surface area contributed by atoms with E-state index in [1.54, 1.807) is 27.7 Å². The molecule has 0 spiro atoms. The Bertz CT molecular complexity index is 512. The number of ether oxygens (including phenoxy) is 1. The number of hydrogen-bond acceptors (Lipinski definition) is 3. The van der Waals surface area contributed by atoms with Crippen molar-refractivity contribution in [2.75, 3.05) is 0 Å². The summed E-state index contributed by atoms with van der Waals surface area (Å²) in [6.07, 6.45) is -0.247. The molecular weight excluding hydrogens is 278 g/mol. The zero-order chi connectivity index (χ0) is 16.9. The first-order chi connectivity index (χ1) is 10.1. The largest absolute Gasteiger partial charge is 0.444 e. The van der Waals surface area contributed by atoms with Crippen LogP contribution in [0.15, 0.2) is 24.3 Å². The lowest BCUT2D eigenvalue weighted by atomic mass is 9.98. The summed E-state index contributed by atoms with van der Waals surface area (Å²) in [5, 5.41) is 2.68. The number of Topliss-reactive ketones (excluding diaryl/α,β-unsaturated/α-hetero) is 1. The molecule has 0 aliphatic rings. The monoisotopic (exact) mass is 305 g/mol. The summed E-state index contributed by atoms with van der Waals surface area (Å²) in [6, 6.07) is 7.37. The van der Waals surface area contributed by atoms with Crippen molar-refractivity contribution in [3.8, 4) is 0 Å². The fourth-order valence-corrected chi connectivity index (χ4v) is 2.01. The molecule has 1 unspecified atom stereocenters. The fraction of sp³-hybridized carbons (Fsp3) is 0.556. The smallest absolute Gasteiger partial charge is 0.407 e. The number of carbonyl (C=O) groups is 2. The van der Waals surface area contributed by atoms with Gasteiger partial charge < -0.3 is 10.1 Å². The number of rotatable bonds is 5. The van der Waals surface area contributed by atoms with Gasteiger partial charge in [0.05, 0.1) is 0 Å². The van der Waals surface area contributed by atoms with Gasteiger partial charge in [0, 0.05) is 18.0 Å². The predicted octanol–water partition coefficient (Wildman–Crippen LogP) is 4.30. The van der Waals surface area contributed by atoms with E-state index in [0.29, 0.717) is 11.5 Å². The Labute approximate surface area is 133 Å². The molecule has 0 heterocycles. The van der Waals surface area contributed by atoms with E-state index in [1.165, 1.54) is 5.56 Å². The molecule has 1 aromatic rings. The Kier molecular flexibility index (Phi) is 6.15. The molecule has 0 aromatic heterocycles. The molecule has 0 saturated heterocycles. The summed E-state index contributed by atoms with van der Waals surface area (Å²) in [5.74, 6) is 0.454. The number of amides is 1. The van der Waals surface area contributed by atoms with Crippen molar-refractivity contribution in [1.29, 1.82) is 0 Å². The molecule has 4 nitrogen and oxygen atoms in total. The van der Waals surface area contributed by atoms with Gasteiger partial charge in [0.15, 0.2) is 5.78 Å². The van der Waals surface area contributed by atoms with E-state index in [1.807, 2.05) is 24.3 Å². The normalized spacial score (nSPS) is 12.9. The lowest BCUT2D eigenvalue weighted by Gasteiger charge is -2.21. The van der Waals surface area contributed by atoms with E-state index in [-0.39, 0.29) is 18.2 Å². The molecule has 122 valence electrons. The Balaban J connectivity index is 2.55. The number of alkyl carbamates (subject to hydrolysis) is 1. The van der Waals surface area contributed by atoms with Crippen molar-refractivity contribution in [3.63, 3.8) is 0 Å². The van der Waals surface area contributed by atoms with Gasteiger partial charge in [-0.3, -0.25) is 4.79 Å². The molecule has 1 aromatic carbocycles. The summed E-state index contributed by atoms with van der Waals surface area (Å²) < 4.78 is 5.18. The quantitative estimate of drug-likeness (QED) is 0.825. The summed E-state index contributed by atoms with van der Waals surface area (Å²) in [6.45, 7) is 11.4. The van der Waals surface area contributed by atoms with E-state index in [9.17, 15) is 9.59 Å². The second-order valence-electron chi connectivity index (χ2n) is 6.95. The fourth-order valence-electron chi connectivity index (χ4n) is 2.01. The highest BCUT2D eigenvalue weighted by Gasteiger charge is 2.19. The van der Waals surface area contributed by atoms with E-state index in [4.69, 9.17) is 4.74 Å². The summed E-state index contributed by atoms with van der Waals surface area (Å²) in [5.41, 5.74) is 1.33. The SMILES string of the molecule is CC(CC(=O)c1ccc(C(C)C)cc1)NC(=O)OC(C)(C)C. The van der Waals surface area contributed by atoms with E-state index >= 15 is 0 Å². The van der Waals surface area contributed by atoms with Crippen LogP contribution in [0, 0.1) is 0 Å². The number of ketones is 1. The van der Waals surface area contributed by atoms with Crippen LogP contribution in [0.1, 0.15) is 69.8 Å². The molecule has 0 fully saturated rings. The first-order valence-electron chi connectivity index (χ1n) is 7.71. The molecule has 4 heteroatoms. The number of benzene rings is 1. The molecule has 0 radical (unpaired) electrons. The van der Waals surface area contributed by atoms with Crippen LogP contribution in [0.2, 0.25) is 0 Å². The third-order valence-corrected chi connectivity index (χ3v) is 3.15. The van der Waals surface area contributed by atoms with Crippen LogP contribution in [0.5, 0.6) is 0 Å². The Morgan fingerprint density at radius 3 is 2.09 bits per heavy atom. The minimum absolute atomic E-state index is 0.0128. The molecular formula is C18H27NO3. The van der Waals surface area contributed by atoms with E-state index in [2.05, 4.69) is 19.2 Å². The van der Waals surface area contributed by atoms with Gasteiger partial charge in [0.1, 0.15) is 5.60 Å². The van der Waals surface area contributed by atoms with Crippen molar-refractivity contribution >= 4 is 11.9 Å². The number of nitrogens with one attached hydrogen (secondary N) is 1. The van der Waals surface area contributed by atoms with Gasteiger partial charge in [-0.25, -0.2) is 4.79 Å². The Morgan fingerprint density at radius 2 is 1.64 bits per heavy atom. The highest BCUT2D eigenvalue weighted by atomic mass is 16.6. The highest BCUT2D eigenvalue weighted by molar-refractivity contribution is 5.96. The van der Waals surface area contributed by atoms with Gasteiger partial charge in [0.25, 0.3) is 0 Å². The molecule has 0 aliphatic carbocycles. The molecule has 0 saturated carbocycles. The maximum atomic E-state index is 12.2. The third kappa shape index (κ3) is 6.29. The third-order valence-electron chi connectivity index (χ3n) is 3.15. The molecule has 1 atom stereocenters. The van der Waals surface area contributed by atoms with Crippen LogP contribution in [0.25, 0.3) is 0 Å². The van der Waals surface area contributed by atoms with Crippen LogP contribution >= 0.6 is 0 Å². The van der Waals surface area contributed by atoms with Crippen LogP contribution < -0.4 is 5.32 Å². The van der Waals surface area contributed by atoms with Crippen LogP contribution in [0.4, 0.5) is 4.79 Å². The summed E-state index contributed by atoms with van der Waals surface area (Å²) >= 11 is 0. The Hall–Kier alpha value is -1.84. The molecule has 0 aliphatic heterocycles. The van der Waals surface area contributed by atoms with E-state index in [0.717, 1.165) is 0 Å². The van der Waals surface area contributed by atoms with Crippen molar-refractivity contribution in [1.82, 2.24) is 5.32 Å². The average molecular weight is 305 g/mol. The molecule has 22 heavy (non-hydrogen) atoms. The van der Waals surface area contributed by atoms with Gasteiger partial charge in [-0.05, 0) is 39.2 Å². The van der Waals surface area contributed by atoms with Crippen molar-refractivity contribution in [3.05, 3.63) is 35.4 Å². The van der Waals surface area contributed by atoms with Gasteiger partial charge in [0.2, 0.25) is 0 Å². The standard InChI is InChI=1S/C18H27NO3/c1-12(2)14-7-9-15(10-8-14)16(20)11-13(3)19-17(21)22-18(4,5)6/h7-10,12-13H,11H2,1-6H3,(H,19,21). The topological polar surface area (TPSA) is 55.4 Å². The van der Waals surface area contributed by atoms with Crippen molar-refractivity contribution in [2.24, 2.45) is 0 Å². The first-order valence-corrected chi connectivity index (χ1v) is 7.71. The minimum atomic E-state index is -0.541. The zero-order valence-corrected chi connectivity index (χ0v) is 14.4. The minimum Gasteiger partial charge on any atom is -0.444 e. The second kappa shape index (κ2) is 7.43. The highest BCUT2D eigenvalue weighted by Crippen LogP contribution is 2.16. The van der Waals surface area contributed by atoms with Crippen molar-refractivity contribution in [2.45, 2.75) is 65.5 Å². The molecule has 1 rings (SSSR count). The molecule has 1 amide bonds. The number of carbonyl (C=O) groups excluding carboxylic acids is 2.